The number of piperidine rings is 1. The van der Waals surface area contributed by atoms with Crippen molar-refractivity contribution in [1.82, 2.24) is 15.6 Å². The van der Waals surface area contributed by atoms with Gasteiger partial charge in [-0.3, -0.25) is 14.6 Å². The summed E-state index contributed by atoms with van der Waals surface area (Å²) in [6.45, 7) is 2.33. The van der Waals surface area contributed by atoms with Crippen molar-refractivity contribution in [3.05, 3.63) is 24.5 Å². The predicted octanol–water partition coefficient (Wildman–Crippen LogP) is 1.39. The normalized spacial score (nSPS) is 15.2. The fourth-order valence-electron chi connectivity index (χ4n) is 2.75. The van der Waals surface area contributed by atoms with Crippen molar-refractivity contribution in [1.29, 1.82) is 0 Å². The number of anilines is 1. The second-order valence-electron chi connectivity index (χ2n) is 5.75. The van der Waals surface area contributed by atoms with Crippen molar-refractivity contribution in [2.75, 3.05) is 38.7 Å². The molecule has 2 amide bonds. The van der Waals surface area contributed by atoms with Crippen molar-refractivity contribution < 1.29 is 14.3 Å². The molecule has 2 heterocycles. The number of nitrogens with one attached hydrogen (secondary N) is 3. The van der Waals surface area contributed by atoms with E-state index in [-0.39, 0.29) is 43.0 Å². The van der Waals surface area contributed by atoms with Gasteiger partial charge in [0.1, 0.15) is 0 Å². The highest BCUT2D eigenvalue weighted by Crippen LogP contribution is 2.29. The molecule has 25 heavy (non-hydrogen) atoms. The molecule has 2 rings (SSSR count). The molecule has 0 radical (unpaired) electrons. The lowest BCUT2D eigenvalue weighted by atomic mass is 9.78. The molecule has 0 unspecified atom stereocenters. The zero-order valence-corrected chi connectivity index (χ0v) is 15.9. The SMILES string of the molecule is COCC1(C(=O)NCCC(=O)Nc2ccncc2)CCNCC1.Cl.Cl. The van der Waals surface area contributed by atoms with E-state index in [4.69, 9.17) is 4.74 Å². The highest BCUT2D eigenvalue weighted by Gasteiger charge is 2.39. The second-order valence-corrected chi connectivity index (χ2v) is 5.75. The zero-order valence-electron chi connectivity index (χ0n) is 14.2. The number of ether oxygens (including phenoxy) is 1. The van der Waals surface area contributed by atoms with Gasteiger partial charge < -0.3 is 20.7 Å². The molecule has 3 N–H and O–H groups in total. The molecule has 1 saturated heterocycles. The first-order chi connectivity index (χ1) is 11.2. The van der Waals surface area contributed by atoms with E-state index in [0.29, 0.717) is 18.8 Å². The van der Waals surface area contributed by atoms with Gasteiger partial charge in [0.25, 0.3) is 0 Å². The highest BCUT2D eigenvalue weighted by atomic mass is 35.5. The van der Waals surface area contributed by atoms with Crippen LogP contribution in [0.4, 0.5) is 5.69 Å². The number of hydrogen-bond donors (Lipinski definition) is 3. The van der Waals surface area contributed by atoms with Gasteiger partial charge in [-0.25, -0.2) is 0 Å². The van der Waals surface area contributed by atoms with Crippen LogP contribution in [0.15, 0.2) is 24.5 Å². The van der Waals surface area contributed by atoms with Gasteiger partial charge in [0.05, 0.1) is 12.0 Å². The summed E-state index contributed by atoms with van der Waals surface area (Å²) in [5.74, 6) is -0.167. The summed E-state index contributed by atoms with van der Waals surface area (Å²) in [5.41, 5.74) is 0.215. The number of amides is 2. The van der Waals surface area contributed by atoms with E-state index in [1.165, 1.54) is 0 Å². The van der Waals surface area contributed by atoms with Crippen LogP contribution in [0.5, 0.6) is 0 Å². The van der Waals surface area contributed by atoms with Crippen LogP contribution in [0.2, 0.25) is 0 Å². The molecule has 1 aliphatic rings. The van der Waals surface area contributed by atoms with Crippen LogP contribution in [0.3, 0.4) is 0 Å². The number of carbonyl (C=O) groups is 2. The topological polar surface area (TPSA) is 92.3 Å². The second kappa shape index (κ2) is 12.0. The standard InChI is InChI=1S/C16H24N4O3.2ClH/c1-23-12-16(5-10-18-11-6-16)15(22)19-9-4-14(21)20-13-2-7-17-8-3-13;;/h2-3,7-8,18H,4-6,9-12H2,1H3,(H,19,22)(H,17,20,21);2*1H. The Morgan fingerprint density at radius 2 is 1.88 bits per heavy atom. The first-order valence-corrected chi connectivity index (χ1v) is 7.84. The summed E-state index contributed by atoms with van der Waals surface area (Å²) in [4.78, 5) is 28.2. The third kappa shape index (κ3) is 7.15. The maximum atomic E-state index is 12.5. The number of pyridine rings is 1. The molecular formula is C16H26Cl2N4O3. The number of nitrogens with zero attached hydrogens (tertiary/aromatic N) is 1. The Hall–Kier alpha value is -1.41. The van der Waals surface area contributed by atoms with E-state index in [1.807, 2.05) is 0 Å². The van der Waals surface area contributed by atoms with E-state index in [0.717, 1.165) is 25.9 Å². The monoisotopic (exact) mass is 392 g/mol. The Kier molecular flexibility index (Phi) is 11.3. The number of halogens is 2. The van der Waals surface area contributed by atoms with Crippen LogP contribution in [-0.2, 0) is 14.3 Å². The molecule has 0 saturated carbocycles. The average molecular weight is 393 g/mol. The van der Waals surface area contributed by atoms with Crippen LogP contribution in [0.25, 0.3) is 0 Å². The maximum Gasteiger partial charge on any atom is 0.228 e. The predicted molar refractivity (Wildman–Crippen MR) is 101 cm³/mol. The molecule has 0 atom stereocenters. The van der Waals surface area contributed by atoms with Gasteiger partial charge in [-0.05, 0) is 38.1 Å². The van der Waals surface area contributed by atoms with Gasteiger partial charge >= 0.3 is 0 Å². The van der Waals surface area contributed by atoms with E-state index >= 15 is 0 Å². The third-order valence-electron chi connectivity index (χ3n) is 4.06. The summed E-state index contributed by atoms with van der Waals surface area (Å²) in [6.07, 6.45) is 4.95. The van der Waals surface area contributed by atoms with Crippen molar-refractivity contribution in [3.63, 3.8) is 0 Å². The van der Waals surface area contributed by atoms with Crippen LogP contribution in [0.1, 0.15) is 19.3 Å². The lowest BCUT2D eigenvalue weighted by molar-refractivity contribution is -0.136. The van der Waals surface area contributed by atoms with Crippen molar-refractivity contribution in [3.8, 4) is 0 Å². The molecule has 1 fully saturated rings. The lowest BCUT2D eigenvalue weighted by Gasteiger charge is -2.35. The molecule has 0 bridgehead atoms. The number of aromatic nitrogens is 1. The van der Waals surface area contributed by atoms with E-state index in [9.17, 15) is 9.59 Å². The number of hydrogen-bond acceptors (Lipinski definition) is 5. The van der Waals surface area contributed by atoms with Gasteiger partial charge in [-0.2, -0.15) is 0 Å². The first-order valence-electron chi connectivity index (χ1n) is 7.84. The summed E-state index contributed by atoms with van der Waals surface area (Å²) in [5, 5.41) is 8.89. The number of methoxy groups -OCH3 is 1. The van der Waals surface area contributed by atoms with E-state index in [2.05, 4.69) is 20.9 Å². The van der Waals surface area contributed by atoms with Gasteiger partial charge in [0.15, 0.2) is 0 Å². The Morgan fingerprint density at radius 3 is 2.48 bits per heavy atom. The maximum absolute atomic E-state index is 12.5. The van der Waals surface area contributed by atoms with Crippen LogP contribution in [0, 0.1) is 5.41 Å². The van der Waals surface area contributed by atoms with E-state index in [1.54, 1.807) is 31.6 Å². The van der Waals surface area contributed by atoms with Crippen molar-refractivity contribution in [2.24, 2.45) is 5.41 Å². The molecule has 0 aliphatic carbocycles. The molecule has 1 aromatic heterocycles. The highest BCUT2D eigenvalue weighted by molar-refractivity contribution is 5.91. The summed E-state index contributed by atoms with van der Waals surface area (Å²) in [6, 6.07) is 3.44. The molecular weight excluding hydrogens is 367 g/mol. The smallest absolute Gasteiger partial charge is 0.228 e. The van der Waals surface area contributed by atoms with Crippen molar-refractivity contribution >= 4 is 42.3 Å². The zero-order chi connectivity index (χ0) is 16.5. The molecule has 1 aliphatic heterocycles. The molecule has 0 aromatic carbocycles. The molecule has 7 nitrogen and oxygen atoms in total. The lowest BCUT2D eigenvalue weighted by Crippen LogP contribution is -2.50. The van der Waals surface area contributed by atoms with Crippen LogP contribution in [-0.4, -0.2) is 50.1 Å². The molecule has 0 spiro atoms. The third-order valence-corrected chi connectivity index (χ3v) is 4.06. The van der Waals surface area contributed by atoms with Crippen LogP contribution < -0.4 is 16.0 Å². The van der Waals surface area contributed by atoms with Gasteiger partial charge in [-0.15, -0.1) is 24.8 Å². The summed E-state index contributed by atoms with van der Waals surface area (Å²) >= 11 is 0. The Labute approximate surface area is 160 Å². The van der Waals surface area contributed by atoms with Gasteiger partial charge in [-0.1, -0.05) is 0 Å². The minimum absolute atomic E-state index is 0. The fourth-order valence-corrected chi connectivity index (χ4v) is 2.75. The Morgan fingerprint density at radius 1 is 1.24 bits per heavy atom. The van der Waals surface area contributed by atoms with Gasteiger partial charge in [0, 0.05) is 38.2 Å². The van der Waals surface area contributed by atoms with E-state index < -0.39 is 5.41 Å². The Balaban J connectivity index is 0.00000288. The first kappa shape index (κ1) is 23.6. The Bertz CT molecular complexity index is 520. The number of carbonyl (C=O) groups excluding carboxylic acids is 2. The molecule has 9 heteroatoms. The minimum Gasteiger partial charge on any atom is -0.384 e. The van der Waals surface area contributed by atoms with Crippen LogP contribution >= 0.6 is 24.8 Å². The summed E-state index contributed by atoms with van der Waals surface area (Å²) in [7, 11) is 1.61. The molecule has 1 aromatic rings. The fraction of sp³-hybridized carbons (Fsp3) is 0.562. The van der Waals surface area contributed by atoms with Gasteiger partial charge in [0.2, 0.25) is 11.8 Å². The summed E-state index contributed by atoms with van der Waals surface area (Å²) < 4.78 is 5.24. The van der Waals surface area contributed by atoms with Crippen molar-refractivity contribution in [2.45, 2.75) is 19.3 Å². The largest absolute Gasteiger partial charge is 0.384 e. The average Bonchev–Trinajstić information content (AvgIpc) is 2.57. The quantitative estimate of drug-likeness (QED) is 0.651. The number of rotatable bonds is 7. The minimum atomic E-state index is -0.485. The molecule has 142 valence electrons.